The van der Waals surface area contributed by atoms with E-state index in [4.69, 9.17) is 14.2 Å². The molecule has 0 aliphatic heterocycles. The van der Waals surface area contributed by atoms with Gasteiger partial charge in [-0.2, -0.15) is 0 Å². The molecule has 7 heteroatoms. The summed E-state index contributed by atoms with van der Waals surface area (Å²) in [6, 6.07) is 10.7. The molecule has 1 amide bonds. The first-order chi connectivity index (χ1) is 12.8. The number of aromatic nitrogens is 1. The van der Waals surface area contributed by atoms with E-state index in [1.807, 2.05) is 30.3 Å². The molecule has 0 aliphatic rings. The van der Waals surface area contributed by atoms with Gasteiger partial charge in [0.2, 0.25) is 0 Å². The van der Waals surface area contributed by atoms with Crippen molar-refractivity contribution >= 4 is 18.2 Å². The maximum atomic E-state index is 13.0. The zero-order chi connectivity index (χ0) is 20.0. The molecule has 27 heavy (non-hydrogen) atoms. The van der Waals surface area contributed by atoms with E-state index in [-0.39, 0.29) is 11.6 Å². The smallest absolute Gasteiger partial charge is 0.418 e. The minimum absolute atomic E-state index is 0.188. The largest absolute Gasteiger partial charge is 0.493 e. The Morgan fingerprint density at radius 3 is 2.37 bits per heavy atom. The van der Waals surface area contributed by atoms with Crippen molar-refractivity contribution in [2.45, 2.75) is 32.6 Å². The van der Waals surface area contributed by atoms with Gasteiger partial charge in [0.1, 0.15) is 5.60 Å². The van der Waals surface area contributed by atoms with E-state index in [2.05, 4.69) is 4.98 Å². The van der Waals surface area contributed by atoms with Gasteiger partial charge in [-0.15, -0.1) is 0 Å². The second kappa shape index (κ2) is 8.64. The van der Waals surface area contributed by atoms with Gasteiger partial charge < -0.3 is 14.2 Å². The van der Waals surface area contributed by atoms with Gasteiger partial charge >= 0.3 is 6.09 Å². The lowest BCUT2D eigenvalue weighted by Gasteiger charge is -2.32. The van der Waals surface area contributed by atoms with Crippen LogP contribution in [0.25, 0.3) is 0 Å². The van der Waals surface area contributed by atoms with E-state index < -0.39 is 17.9 Å². The molecule has 1 unspecified atom stereocenters. The van der Waals surface area contributed by atoms with Crippen molar-refractivity contribution in [1.29, 1.82) is 0 Å². The summed E-state index contributed by atoms with van der Waals surface area (Å²) >= 11 is 0. The van der Waals surface area contributed by atoms with Gasteiger partial charge in [-0.3, -0.25) is 4.79 Å². The fourth-order valence-electron chi connectivity index (χ4n) is 2.46. The zero-order valence-electron chi connectivity index (χ0n) is 16.1. The van der Waals surface area contributed by atoms with Gasteiger partial charge in [0.25, 0.3) is 0 Å². The van der Waals surface area contributed by atoms with Crippen molar-refractivity contribution in [1.82, 2.24) is 4.98 Å². The summed E-state index contributed by atoms with van der Waals surface area (Å²) in [5, 5.41) is 0. The van der Waals surface area contributed by atoms with Crippen LogP contribution in [0, 0.1) is 0 Å². The molecule has 0 fully saturated rings. The van der Waals surface area contributed by atoms with E-state index in [1.165, 1.54) is 31.4 Å². The molecule has 1 atom stereocenters. The zero-order valence-corrected chi connectivity index (χ0v) is 16.1. The number of aldehydes is 1. The Bertz CT molecular complexity index is 787. The number of ether oxygens (including phenoxy) is 3. The lowest BCUT2D eigenvalue weighted by atomic mass is 10.1. The number of carbonyl (C=O) groups excluding carboxylic acids is 2. The molecule has 2 aromatic rings. The third kappa shape index (κ3) is 5.04. The number of pyridine rings is 1. The minimum Gasteiger partial charge on any atom is -0.493 e. The van der Waals surface area contributed by atoms with E-state index in [9.17, 15) is 9.59 Å². The van der Waals surface area contributed by atoms with Crippen LogP contribution in [0.4, 0.5) is 10.6 Å². The van der Waals surface area contributed by atoms with Gasteiger partial charge in [-0.1, -0.05) is 30.3 Å². The third-order valence-electron chi connectivity index (χ3n) is 3.57. The number of methoxy groups -OCH3 is 2. The highest BCUT2D eigenvalue weighted by Gasteiger charge is 2.34. The predicted molar refractivity (Wildman–Crippen MR) is 101 cm³/mol. The highest BCUT2D eigenvalue weighted by molar-refractivity contribution is 5.90. The third-order valence-corrected chi connectivity index (χ3v) is 3.57. The number of hydrogen-bond donors (Lipinski definition) is 0. The van der Waals surface area contributed by atoms with Crippen molar-refractivity contribution < 1.29 is 23.8 Å². The standard InChI is InChI=1S/C20H24N2O5/c1-20(2,3)27-19(24)22(18(26-5)15-9-7-6-8-10-15)17-16(25-4)11-14(13-23)12-21-17/h6-13,18H,1-5H3. The average molecular weight is 372 g/mol. The summed E-state index contributed by atoms with van der Waals surface area (Å²) in [6.07, 6.45) is 0.564. The van der Waals surface area contributed by atoms with E-state index in [0.717, 1.165) is 5.56 Å². The van der Waals surface area contributed by atoms with Crippen molar-refractivity contribution in [3.63, 3.8) is 0 Å². The predicted octanol–water partition coefficient (Wildman–Crippen LogP) is 3.99. The van der Waals surface area contributed by atoms with Crippen LogP contribution in [0.2, 0.25) is 0 Å². The summed E-state index contributed by atoms with van der Waals surface area (Å²) in [7, 11) is 2.92. The lowest BCUT2D eigenvalue weighted by Crippen LogP contribution is -2.41. The molecule has 1 aromatic carbocycles. The molecule has 1 heterocycles. The summed E-state index contributed by atoms with van der Waals surface area (Å²) in [5.41, 5.74) is 0.336. The SMILES string of the molecule is COc1cc(C=O)cnc1N(C(=O)OC(C)(C)C)C(OC)c1ccccc1. The van der Waals surface area contributed by atoms with E-state index in [1.54, 1.807) is 20.8 Å². The van der Waals surface area contributed by atoms with Gasteiger partial charge in [0.15, 0.2) is 24.1 Å². The van der Waals surface area contributed by atoms with Crippen LogP contribution in [0.3, 0.4) is 0 Å². The topological polar surface area (TPSA) is 78.0 Å². The summed E-state index contributed by atoms with van der Waals surface area (Å²) in [5.74, 6) is 0.441. The first-order valence-corrected chi connectivity index (χ1v) is 8.40. The fourth-order valence-corrected chi connectivity index (χ4v) is 2.46. The Kier molecular flexibility index (Phi) is 6.52. The highest BCUT2D eigenvalue weighted by atomic mass is 16.6. The molecule has 7 nitrogen and oxygen atoms in total. The van der Waals surface area contributed by atoms with Gasteiger partial charge in [0.05, 0.1) is 7.11 Å². The summed E-state index contributed by atoms with van der Waals surface area (Å²) in [4.78, 5) is 29.6. The normalized spacial score (nSPS) is 12.2. The van der Waals surface area contributed by atoms with Crippen LogP contribution < -0.4 is 9.64 Å². The molecule has 0 spiro atoms. The molecular weight excluding hydrogens is 348 g/mol. The van der Waals surface area contributed by atoms with Crippen LogP contribution in [-0.2, 0) is 9.47 Å². The van der Waals surface area contributed by atoms with Crippen LogP contribution >= 0.6 is 0 Å². The van der Waals surface area contributed by atoms with Crippen molar-refractivity contribution in [2.24, 2.45) is 0 Å². The van der Waals surface area contributed by atoms with Crippen LogP contribution in [0.15, 0.2) is 42.6 Å². The lowest BCUT2D eigenvalue weighted by molar-refractivity contribution is 0.0380. The molecule has 0 radical (unpaired) electrons. The molecule has 0 aliphatic carbocycles. The molecule has 1 aromatic heterocycles. The molecule has 0 saturated heterocycles. The second-order valence-corrected chi connectivity index (χ2v) is 6.76. The maximum absolute atomic E-state index is 13.0. The molecular formula is C20H24N2O5. The number of anilines is 1. The van der Waals surface area contributed by atoms with Gasteiger partial charge in [-0.05, 0) is 26.8 Å². The van der Waals surface area contributed by atoms with Crippen LogP contribution in [0.5, 0.6) is 5.75 Å². The summed E-state index contributed by atoms with van der Waals surface area (Å²) in [6.45, 7) is 5.31. The Morgan fingerprint density at radius 2 is 1.85 bits per heavy atom. The number of benzene rings is 1. The Labute approximate surface area is 158 Å². The molecule has 144 valence electrons. The average Bonchev–Trinajstić information content (AvgIpc) is 2.64. The van der Waals surface area contributed by atoms with Gasteiger partial charge in [0, 0.05) is 24.4 Å². The van der Waals surface area contributed by atoms with Crippen LogP contribution in [-0.4, -0.2) is 37.2 Å². The Hall–Kier alpha value is -2.93. The number of carbonyl (C=O) groups is 2. The molecule has 2 rings (SSSR count). The highest BCUT2D eigenvalue weighted by Crippen LogP contribution is 2.34. The first kappa shape index (κ1) is 20.4. The van der Waals surface area contributed by atoms with Crippen molar-refractivity contribution in [3.05, 3.63) is 53.7 Å². The minimum atomic E-state index is -0.801. The first-order valence-electron chi connectivity index (χ1n) is 8.40. The monoisotopic (exact) mass is 372 g/mol. The molecule has 0 bridgehead atoms. The number of rotatable bonds is 6. The Balaban J connectivity index is 2.59. The number of hydrogen-bond acceptors (Lipinski definition) is 6. The fraction of sp³-hybridized carbons (Fsp3) is 0.350. The second-order valence-electron chi connectivity index (χ2n) is 6.76. The van der Waals surface area contributed by atoms with Crippen molar-refractivity contribution in [3.8, 4) is 5.75 Å². The maximum Gasteiger partial charge on any atom is 0.418 e. The van der Waals surface area contributed by atoms with Crippen molar-refractivity contribution in [2.75, 3.05) is 19.1 Å². The molecule has 0 saturated carbocycles. The van der Waals surface area contributed by atoms with E-state index in [0.29, 0.717) is 11.8 Å². The van der Waals surface area contributed by atoms with Gasteiger partial charge in [-0.25, -0.2) is 14.7 Å². The van der Waals surface area contributed by atoms with Crippen LogP contribution in [0.1, 0.15) is 42.9 Å². The summed E-state index contributed by atoms with van der Waals surface area (Å²) < 4.78 is 16.5. The van der Waals surface area contributed by atoms with E-state index >= 15 is 0 Å². The number of nitrogens with zero attached hydrogens (tertiary/aromatic N) is 2. The number of amides is 1. The Morgan fingerprint density at radius 1 is 1.19 bits per heavy atom. The molecule has 0 N–H and O–H groups in total. The quantitative estimate of drug-likeness (QED) is 0.564.